The first-order valence-corrected chi connectivity index (χ1v) is 4.99. The van der Waals surface area contributed by atoms with Gasteiger partial charge in [-0.3, -0.25) is 4.79 Å². The fraction of sp³-hybridized carbons (Fsp3) is 0.364. The Bertz CT molecular complexity index is 545. The Labute approximate surface area is 93.1 Å². The maximum atomic E-state index is 11.3. The molecule has 0 unspecified atom stereocenters. The third kappa shape index (κ3) is 1.88. The molecule has 2 rings (SSSR count). The summed E-state index contributed by atoms with van der Waals surface area (Å²) in [6.07, 6.45) is 2.06. The molecule has 0 amide bonds. The molecule has 2 aromatic heterocycles. The first-order chi connectivity index (χ1) is 7.60. The van der Waals surface area contributed by atoms with Gasteiger partial charge in [-0.05, 0) is 19.9 Å². The van der Waals surface area contributed by atoms with E-state index in [0.29, 0.717) is 5.65 Å². The summed E-state index contributed by atoms with van der Waals surface area (Å²) >= 11 is 0. The largest absolute Gasteiger partial charge is 0.469 e. The van der Waals surface area contributed by atoms with E-state index in [1.165, 1.54) is 7.11 Å². The van der Waals surface area contributed by atoms with Gasteiger partial charge in [0.15, 0.2) is 5.65 Å². The highest BCUT2D eigenvalue weighted by Crippen LogP contribution is 2.12. The highest BCUT2D eigenvalue weighted by atomic mass is 16.5. The highest BCUT2D eigenvalue weighted by molar-refractivity contribution is 5.75. The van der Waals surface area contributed by atoms with Gasteiger partial charge in [0.1, 0.15) is 0 Å². The van der Waals surface area contributed by atoms with Crippen molar-refractivity contribution in [3.63, 3.8) is 0 Å². The Kier molecular flexibility index (Phi) is 2.60. The van der Waals surface area contributed by atoms with Gasteiger partial charge in [-0.2, -0.15) is 5.10 Å². The van der Waals surface area contributed by atoms with Crippen LogP contribution in [0.2, 0.25) is 0 Å². The van der Waals surface area contributed by atoms with E-state index < -0.39 is 0 Å². The summed E-state index contributed by atoms with van der Waals surface area (Å²) in [5, 5.41) is 4.29. The molecule has 16 heavy (non-hydrogen) atoms. The van der Waals surface area contributed by atoms with E-state index in [-0.39, 0.29) is 12.4 Å². The minimum atomic E-state index is -0.270. The molecular weight excluding hydrogens is 206 g/mol. The third-order valence-electron chi connectivity index (χ3n) is 2.31. The van der Waals surface area contributed by atoms with Crippen molar-refractivity contribution in [2.45, 2.75) is 20.3 Å². The number of aryl methyl sites for hydroxylation is 2. The summed E-state index contributed by atoms with van der Waals surface area (Å²) in [5.41, 5.74) is 3.29. The Morgan fingerprint density at radius 3 is 2.88 bits per heavy atom. The molecular formula is C11H13N3O2. The molecule has 0 bridgehead atoms. The average molecular weight is 219 g/mol. The van der Waals surface area contributed by atoms with Crippen LogP contribution in [0.5, 0.6) is 0 Å². The number of esters is 1. The maximum Gasteiger partial charge on any atom is 0.310 e. The zero-order valence-electron chi connectivity index (χ0n) is 9.52. The van der Waals surface area contributed by atoms with Gasteiger partial charge in [0.2, 0.25) is 0 Å². The smallest absolute Gasteiger partial charge is 0.310 e. The zero-order valence-corrected chi connectivity index (χ0v) is 9.52. The van der Waals surface area contributed by atoms with Crippen LogP contribution in [0.15, 0.2) is 12.3 Å². The minimum absolute atomic E-state index is 0.222. The SMILES string of the molecule is COC(=O)Cc1cc(C)nn2cc(C)nc12. The normalized spacial score (nSPS) is 10.7. The summed E-state index contributed by atoms with van der Waals surface area (Å²) in [5.74, 6) is -0.270. The Balaban J connectivity index is 2.53. The van der Waals surface area contributed by atoms with Crippen LogP contribution >= 0.6 is 0 Å². The first-order valence-electron chi connectivity index (χ1n) is 4.99. The van der Waals surface area contributed by atoms with Gasteiger partial charge < -0.3 is 4.74 Å². The molecule has 0 radical (unpaired) electrons. The maximum absolute atomic E-state index is 11.3. The number of imidazole rings is 1. The molecule has 5 heteroatoms. The monoisotopic (exact) mass is 219 g/mol. The lowest BCUT2D eigenvalue weighted by molar-refractivity contribution is -0.139. The van der Waals surface area contributed by atoms with Crippen molar-refractivity contribution in [2.75, 3.05) is 7.11 Å². The molecule has 0 N–H and O–H groups in total. The molecule has 0 saturated carbocycles. The molecule has 0 aliphatic rings. The van der Waals surface area contributed by atoms with Crippen molar-refractivity contribution >= 4 is 11.6 Å². The number of rotatable bonds is 2. The van der Waals surface area contributed by atoms with Gasteiger partial charge >= 0.3 is 5.97 Å². The summed E-state index contributed by atoms with van der Waals surface area (Å²) in [6.45, 7) is 3.78. The predicted molar refractivity (Wildman–Crippen MR) is 58.2 cm³/mol. The molecule has 0 saturated heterocycles. The van der Waals surface area contributed by atoms with E-state index >= 15 is 0 Å². The zero-order chi connectivity index (χ0) is 11.7. The van der Waals surface area contributed by atoms with Crippen molar-refractivity contribution in [3.8, 4) is 0 Å². The topological polar surface area (TPSA) is 56.5 Å². The van der Waals surface area contributed by atoms with Gasteiger partial charge in [-0.15, -0.1) is 0 Å². The Morgan fingerprint density at radius 1 is 1.44 bits per heavy atom. The van der Waals surface area contributed by atoms with E-state index in [2.05, 4.69) is 14.8 Å². The lowest BCUT2D eigenvalue weighted by atomic mass is 10.2. The Hall–Kier alpha value is -1.91. The number of hydrogen-bond acceptors (Lipinski definition) is 4. The van der Waals surface area contributed by atoms with E-state index in [1.807, 2.05) is 26.1 Å². The lowest BCUT2D eigenvalue weighted by Gasteiger charge is -2.03. The molecule has 0 aliphatic heterocycles. The van der Waals surface area contributed by atoms with Gasteiger partial charge in [-0.1, -0.05) is 0 Å². The lowest BCUT2D eigenvalue weighted by Crippen LogP contribution is -2.07. The van der Waals surface area contributed by atoms with Crippen molar-refractivity contribution in [1.82, 2.24) is 14.6 Å². The van der Waals surface area contributed by atoms with Gasteiger partial charge in [0, 0.05) is 5.56 Å². The summed E-state index contributed by atoms with van der Waals surface area (Å²) in [6, 6.07) is 1.86. The Morgan fingerprint density at radius 2 is 2.19 bits per heavy atom. The molecule has 0 spiro atoms. The number of ether oxygens (including phenoxy) is 1. The fourth-order valence-corrected chi connectivity index (χ4v) is 1.65. The molecule has 2 heterocycles. The van der Waals surface area contributed by atoms with E-state index in [4.69, 9.17) is 0 Å². The van der Waals surface area contributed by atoms with Crippen molar-refractivity contribution < 1.29 is 9.53 Å². The number of nitrogens with zero attached hydrogens (tertiary/aromatic N) is 3. The van der Waals surface area contributed by atoms with Crippen LogP contribution in [0, 0.1) is 13.8 Å². The molecule has 0 aromatic carbocycles. The van der Waals surface area contributed by atoms with Crippen LogP contribution in [0.3, 0.4) is 0 Å². The van der Waals surface area contributed by atoms with Crippen LogP contribution in [0.4, 0.5) is 0 Å². The molecule has 5 nitrogen and oxygen atoms in total. The van der Waals surface area contributed by atoms with Crippen molar-refractivity contribution in [1.29, 1.82) is 0 Å². The van der Waals surface area contributed by atoms with E-state index in [1.54, 1.807) is 4.52 Å². The predicted octanol–water partition coefficient (Wildman–Crippen LogP) is 1.06. The van der Waals surface area contributed by atoms with Crippen LogP contribution in [0.25, 0.3) is 5.65 Å². The minimum Gasteiger partial charge on any atom is -0.469 e. The number of carbonyl (C=O) groups excluding carboxylic acids is 1. The van der Waals surface area contributed by atoms with Crippen molar-refractivity contribution in [2.24, 2.45) is 0 Å². The standard InChI is InChI=1S/C11H13N3O2/c1-7-4-9(5-10(15)16-3)11-12-8(2)6-14(11)13-7/h4,6H,5H2,1-3H3. The fourth-order valence-electron chi connectivity index (χ4n) is 1.65. The van der Waals surface area contributed by atoms with Crippen LogP contribution in [-0.4, -0.2) is 27.7 Å². The number of aromatic nitrogens is 3. The molecule has 0 atom stereocenters. The second-order valence-corrected chi connectivity index (χ2v) is 3.71. The number of hydrogen-bond donors (Lipinski definition) is 0. The highest BCUT2D eigenvalue weighted by Gasteiger charge is 2.11. The van der Waals surface area contributed by atoms with E-state index in [0.717, 1.165) is 17.0 Å². The van der Waals surface area contributed by atoms with Crippen LogP contribution in [0.1, 0.15) is 17.0 Å². The van der Waals surface area contributed by atoms with Gasteiger partial charge in [-0.25, -0.2) is 9.50 Å². The second-order valence-electron chi connectivity index (χ2n) is 3.71. The third-order valence-corrected chi connectivity index (χ3v) is 2.31. The number of fused-ring (bicyclic) bond motifs is 1. The molecule has 84 valence electrons. The second kappa shape index (κ2) is 3.92. The molecule has 0 aliphatic carbocycles. The van der Waals surface area contributed by atoms with Crippen molar-refractivity contribution in [3.05, 3.63) is 29.2 Å². The summed E-state index contributed by atoms with van der Waals surface area (Å²) in [4.78, 5) is 15.6. The van der Waals surface area contributed by atoms with Gasteiger partial charge in [0.25, 0.3) is 0 Å². The van der Waals surface area contributed by atoms with E-state index in [9.17, 15) is 4.79 Å². The quantitative estimate of drug-likeness (QED) is 0.709. The van der Waals surface area contributed by atoms with Gasteiger partial charge in [0.05, 0.1) is 31.1 Å². The molecule has 0 fully saturated rings. The first kappa shape index (κ1) is 10.6. The number of carbonyl (C=O) groups is 1. The number of methoxy groups -OCH3 is 1. The average Bonchev–Trinajstić information content (AvgIpc) is 2.58. The summed E-state index contributed by atoms with van der Waals surface area (Å²) < 4.78 is 6.35. The summed E-state index contributed by atoms with van der Waals surface area (Å²) in [7, 11) is 1.38. The molecule has 2 aromatic rings. The van der Waals surface area contributed by atoms with Crippen LogP contribution in [-0.2, 0) is 16.0 Å². The van der Waals surface area contributed by atoms with Crippen LogP contribution < -0.4 is 0 Å².